The van der Waals surface area contributed by atoms with Crippen LogP contribution in [0.15, 0.2) is 23.2 Å². The summed E-state index contributed by atoms with van der Waals surface area (Å²) in [5.74, 6) is 2.51. The third-order valence-corrected chi connectivity index (χ3v) is 6.10. The summed E-state index contributed by atoms with van der Waals surface area (Å²) in [4.78, 5) is 6.87. The van der Waals surface area contributed by atoms with Crippen molar-refractivity contribution in [2.45, 2.75) is 57.7 Å². The molecule has 176 valence electrons. The summed E-state index contributed by atoms with van der Waals surface area (Å²) in [6, 6.07) is 6.05. The summed E-state index contributed by atoms with van der Waals surface area (Å²) >= 11 is 0. The topological polar surface area (TPSA) is 67.4 Å². The summed E-state index contributed by atoms with van der Waals surface area (Å²) in [5.41, 5.74) is 1.14. The number of halogens is 1. The average Bonchev–Trinajstić information content (AvgIpc) is 3.28. The molecule has 2 aliphatic rings. The Balaban J connectivity index is 0.00000341. The van der Waals surface area contributed by atoms with Crippen molar-refractivity contribution in [3.8, 4) is 11.5 Å². The normalized spacial score (nSPS) is 18.4. The average molecular weight is 546 g/mol. The molecule has 2 fully saturated rings. The Kier molecular flexibility index (Phi) is 10.6. The molecular formula is C23H39IN4O3. The Hall–Kier alpha value is -1.26. The predicted octanol–water partition coefficient (Wildman–Crippen LogP) is 3.41. The quantitative estimate of drug-likeness (QED) is 0.296. The Morgan fingerprint density at radius 2 is 1.90 bits per heavy atom. The maximum atomic E-state index is 6.31. The largest absolute Gasteiger partial charge is 0.497 e. The summed E-state index contributed by atoms with van der Waals surface area (Å²) in [5, 5.41) is 6.92. The Bertz CT molecular complexity index is 702. The van der Waals surface area contributed by atoms with Gasteiger partial charge in [0.25, 0.3) is 0 Å². The first-order chi connectivity index (χ1) is 14.5. The van der Waals surface area contributed by atoms with E-state index in [9.17, 15) is 0 Å². The SMILES string of the molecule is CN=C(NCc1ccc(OC)cc1OC1CCCC1)NCC(C)(C)N1CCOCC1.I. The van der Waals surface area contributed by atoms with Crippen LogP contribution in [-0.4, -0.2) is 69.5 Å². The zero-order valence-electron chi connectivity index (χ0n) is 19.4. The lowest BCUT2D eigenvalue weighted by molar-refractivity contribution is -0.00834. The number of benzene rings is 1. The molecule has 1 saturated carbocycles. The van der Waals surface area contributed by atoms with Crippen LogP contribution in [0, 0.1) is 0 Å². The molecule has 0 atom stereocenters. The van der Waals surface area contributed by atoms with E-state index in [0.717, 1.165) is 68.7 Å². The van der Waals surface area contributed by atoms with E-state index in [4.69, 9.17) is 14.2 Å². The van der Waals surface area contributed by atoms with Gasteiger partial charge in [0.2, 0.25) is 0 Å². The fourth-order valence-corrected chi connectivity index (χ4v) is 4.08. The Labute approximate surface area is 204 Å². The monoisotopic (exact) mass is 546 g/mol. The van der Waals surface area contributed by atoms with E-state index in [-0.39, 0.29) is 29.5 Å². The van der Waals surface area contributed by atoms with Crippen LogP contribution in [0.4, 0.5) is 0 Å². The fraction of sp³-hybridized carbons (Fsp3) is 0.696. The molecule has 1 saturated heterocycles. The molecule has 8 heteroatoms. The van der Waals surface area contributed by atoms with Gasteiger partial charge >= 0.3 is 0 Å². The molecule has 0 amide bonds. The summed E-state index contributed by atoms with van der Waals surface area (Å²) in [7, 11) is 3.50. The van der Waals surface area contributed by atoms with E-state index in [1.807, 2.05) is 12.1 Å². The van der Waals surface area contributed by atoms with Crippen molar-refractivity contribution in [1.82, 2.24) is 15.5 Å². The minimum atomic E-state index is 0. The van der Waals surface area contributed by atoms with Gasteiger partial charge in [0.1, 0.15) is 11.5 Å². The van der Waals surface area contributed by atoms with Gasteiger partial charge in [-0.2, -0.15) is 0 Å². The number of ether oxygens (including phenoxy) is 3. The second kappa shape index (κ2) is 12.7. The Morgan fingerprint density at radius 3 is 2.55 bits per heavy atom. The molecule has 1 aliphatic carbocycles. The van der Waals surface area contributed by atoms with Crippen LogP contribution in [0.5, 0.6) is 11.5 Å². The zero-order valence-corrected chi connectivity index (χ0v) is 21.7. The van der Waals surface area contributed by atoms with Gasteiger partial charge in [-0.3, -0.25) is 9.89 Å². The standard InChI is InChI=1S/C23H38N4O3.HI/c1-23(2,27-11-13-29-14-12-27)17-26-22(24-3)25-16-18-9-10-20(28-4)15-21(18)30-19-7-5-6-8-19;/h9-10,15,19H,5-8,11-14,16-17H2,1-4H3,(H2,24,25,26);1H. The molecule has 7 nitrogen and oxygen atoms in total. The summed E-state index contributed by atoms with van der Waals surface area (Å²) in [6.45, 7) is 9.51. The minimum absolute atomic E-state index is 0. The Morgan fingerprint density at radius 1 is 1.19 bits per heavy atom. The number of guanidine groups is 1. The predicted molar refractivity (Wildman–Crippen MR) is 136 cm³/mol. The van der Waals surface area contributed by atoms with Crippen LogP contribution in [0.1, 0.15) is 45.1 Å². The van der Waals surface area contributed by atoms with Gasteiger partial charge in [-0.15, -0.1) is 24.0 Å². The molecule has 1 aromatic rings. The molecule has 3 rings (SSSR count). The van der Waals surface area contributed by atoms with Crippen molar-refractivity contribution in [2.24, 2.45) is 4.99 Å². The van der Waals surface area contributed by atoms with Crippen LogP contribution < -0.4 is 20.1 Å². The number of hydrogen-bond donors (Lipinski definition) is 2. The minimum Gasteiger partial charge on any atom is -0.497 e. The second-order valence-corrected chi connectivity index (χ2v) is 8.69. The van der Waals surface area contributed by atoms with Gasteiger partial charge in [0.15, 0.2) is 5.96 Å². The smallest absolute Gasteiger partial charge is 0.191 e. The van der Waals surface area contributed by atoms with Gasteiger partial charge in [-0.05, 0) is 51.7 Å². The molecule has 1 aromatic carbocycles. The molecule has 0 unspecified atom stereocenters. The number of hydrogen-bond acceptors (Lipinski definition) is 5. The summed E-state index contributed by atoms with van der Waals surface area (Å²) < 4.78 is 17.2. The lowest BCUT2D eigenvalue weighted by Gasteiger charge is -2.41. The molecule has 0 aromatic heterocycles. The van der Waals surface area contributed by atoms with Crippen molar-refractivity contribution in [1.29, 1.82) is 0 Å². The number of methoxy groups -OCH3 is 1. The zero-order chi connectivity index (χ0) is 21.4. The second-order valence-electron chi connectivity index (χ2n) is 8.69. The number of rotatable bonds is 8. The van der Waals surface area contributed by atoms with Crippen LogP contribution >= 0.6 is 24.0 Å². The van der Waals surface area contributed by atoms with Gasteiger partial charge in [-0.1, -0.05) is 0 Å². The first kappa shape index (κ1) is 26.0. The lowest BCUT2D eigenvalue weighted by atomic mass is 10.0. The van der Waals surface area contributed by atoms with Crippen LogP contribution in [0.3, 0.4) is 0 Å². The highest BCUT2D eigenvalue weighted by molar-refractivity contribution is 14.0. The highest BCUT2D eigenvalue weighted by Crippen LogP contribution is 2.30. The highest BCUT2D eigenvalue weighted by atomic mass is 127. The van der Waals surface area contributed by atoms with Crippen molar-refractivity contribution in [3.05, 3.63) is 23.8 Å². The molecule has 0 radical (unpaired) electrons. The first-order valence-corrected chi connectivity index (χ1v) is 11.1. The summed E-state index contributed by atoms with van der Waals surface area (Å²) in [6.07, 6.45) is 5.06. The molecule has 1 aliphatic heterocycles. The molecule has 0 spiro atoms. The number of aliphatic imine (C=N–C) groups is 1. The van der Waals surface area contributed by atoms with E-state index in [1.54, 1.807) is 14.2 Å². The maximum absolute atomic E-state index is 6.31. The first-order valence-electron chi connectivity index (χ1n) is 11.1. The van der Waals surface area contributed by atoms with Crippen molar-refractivity contribution in [2.75, 3.05) is 47.0 Å². The molecule has 31 heavy (non-hydrogen) atoms. The van der Waals surface area contributed by atoms with E-state index in [2.05, 4.69) is 40.4 Å². The van der Waals surface area contributed by atoms with Crippen LogP contribution in [0.2, 0.25) is 0 Å². The third kappa shape index (κ3) is 7.68. The van der Waals surface area contributed by atoms with E-state index in [0.29, 0.717) is 12.6 Å². The van der Waals surface area contributed by atoms with Crippen molar-refractivity contribution >= 4 is 29.9 Å². The molecule has 0 bridgehead atoms. The number of morpholine rings is 1. The molecule has 2 N–H and O–H groups in total. The maximum Gasteiger partial charge on any atom is 0.191 e. The fourth-order valence-electron chi connectivity index (χ4n) is 4.08. The highest BCUT2D eigenvalue weighted by Gasteiger charge is 2.28. The van der Waals surface area contributed by atoms with Crippen molar-refractivity contribution < 1.29 is 14.2 Å². The van der Waals surface area contributed by atoms with Crippen molar-refractivity contribution in [3.63, 3.8) is 0 Å². The van der Waals surface area contributed by atoms with Gasteiger partial charge in [-0.25, -0.2) is 0 Å². The van der Waals surface area contributed by atoms with E-state index < -0.39 is 0 Å². The number of nitrogens with one attached hydrogen (secondary N) is 2. The van der Waals surface area contributed by atoms with Crippen LogP contribution in [0.25, 0.3) is 0 Å². The van der Waals surface area contributed by atoms with Gasteiger partial charge in [0.05, 0.1) is 26.4 Å². The molecular weight excluding hydrogens is 507 g/mol. The van der Waals surface area contributed by atoms with Gasteiger partial charge in [0, 0.05) is 50.4 Å². The van der Waals surface area contributed by atoms with Crippen LogP contribution in [-0.2, 0) is 11.3 Å². The third-order valence-electron chi connectivity index (χ3n) is 6.10. The lowest BCUT2D eigenvalue weighted by Crippen LogP contribution is -2.56. The molecule has 1 heterocycles. The van der Waals surface area contributed by atoms with E-state index in [1.165, 1.54) is 12.8 Å². The van der Waals surface area contributed by atoms with Gasteiger partial charge < -0.3 is 24.8 Å². The van der Waals surface area contributed by atoms with E-state index >= 15 is 0 Å². The number of nitrogens with zero attached hydrogens (tertiary/aromatic N) is 2.